The van der Waals surface area contributed by atoms with E-state index in [4.69, 9.17) is 21.8 Å². The predicted molar refractivity (Wildman–Crippen MR) is 107 cm³/mol. The van der Waals surface area contributed by atoms with E-state index < -0.39 is 5.91 Å². The number of nitrogens with zero attached hydrogens (tertiary/aromatic N) is 4. The smallest absolute Gasteiger partial charge is 0.246 e. The van der Waals surface area contributed by atoms with E-state index in [9.17, 15) is 10.1 Å². The standard InChI is InChI=1S/C18H17ClN6O2S/c1-10-11(2)27-16(13(10)7-20)22-15(26)8-25-17(21)23-24-18(25)28-9-12-5-3-4-6-14(12)19/h3-6H,8-9H2,1-2H3,(H2,21,23)(H,22,26). The molecule has 3 N–H and O–H groups in total. The second-order valence-corrected chi connectivity index (χ2v) is 7.30. The summed E-state index contributed by atoms with van der Waals surface area (Å²) < 4.78 is 6.95. The fourth-order valence-electron chi connectivity index (χ4n) is 2.47. The molecule has 2 heterocycles. The van der Waals surface area contributed by atoms with Gasteiger partial charge in [0.15, 0.2) is 5.16 Å². The monoisotopic (exact) mass is 416 g/mol. The lowest BCUT2D eigenvalue weighted by Crippen LogP contribution is -2.20. The number of thioether (sulfide) groups is 1. The third kappa shape index (κ3) is 4.13. The highest BCUT2D eigenvalue weighted by Crippen LogP contribution is 2.27. The number of nitriles is 1. The molecule has 2 aromatic heterocycles. The summed E-state index contributed by atoms with van der Waals surface area (Å²) in [6.45, 7) is 3.37. The van der Waals surface area contributed by atoms with Gasteiger partial charge in [-0.05, 0) is 25.5 Å². The van der Waals surface area contributed by atoms with Crippen LogP contribution in [0.4, 0.5) is 11.8 Å². The van der Waals surface area contributed by atoms with E-state index in [1.165, 1.54) is 16.3 Å². The molecule has 0 aliphatic rings. The van der Waals surface area contributed by atoms with E-state index in [1.54, 1.807) is 13.8 Å². The fourth-order valence-corrected chi connectivity index (χ4v) is 3.70. The average molecular weight is 417 g/mol. The summed E-state index contributed by atoms with van der Waals surface area (Å²) in [4.78, 5) is 12.5. The number of aromatic nitrogens is 3. The fraction of sp³-hybridized carbons (Fsp3) is 0.222. The Morgan fingerprint density at radius 3 is 2.86 bits per heavy atom. The molecule has 28 heavy (non-hydrogen) atoms. The van der Waals surface area contributed by atoms with Crippen molar-refractivity contribution in [2.24, 2.45) is 0 Å². The van der Waals surface area contributed by atoms with Crippen LogP contribution in [0.2, 0.25) is 5.02 Å². The molecule has 0 bridgehead atoms. The van der Waals surface area contributed by atoms with Gasteiger partial charge >= 0.3 is 0 Å². The first-order valence-corrected chi connectivity index (χ1v) is 9.62. The van der Waals surface area contributed by atoms with Gasteiger partial charge < -0.3 is 10.2 Å². The largest absolute Gasteiger partial charge is 0.444 e. The van der Waals surface area contributed by atoms with Crippen molar-refractivity contribution in [3.63, 3.8) is 0 Å². The Bertz CT molecular complexity index is 1070. The molecule has 0 fully saturated rings. The Morgan fingerprint density at radius 1 is 1.39 bits per heavy atom. The van der Waals surface area contributed by atoms with Crippen LogP contribution in [-0.2, 0) is 17.1 Å². The quantitative estimate of drug-likeness (QED) is 0.589. The molecule has 10 heteroatoms. The summed E-state index contributed by atoms with van der Waals surface area (Å²) >= 11 is 7.54. The highest BCUT2D eigenvalue weighted by Gasteiger charge is 2.19. The molecule has 1 amide bonds. The topological polar surface area (TPSA) is 123 Å². The van der Waals surface area contributed by atoms with Gasteiger partial charge in [-0.15, -0.1) is 10.2 Å². The summed E-state index contributed by atoms with van der Waals surface area (Å²) in [5.74, 6) is 0.959. The van der Waals surface area contributed by atoms with Gasteiger partial charge in [-0.3, -0.25) is 14.7 Å². The first-order chi connectivity index (χ1) is 13.4. The van der Waals surface area contributed by atoms with Crippen LogP contribution in [0.5, 0.6) is 0 Å². The van der Waals surface area contributed by atoms with Crippen LogP contribution in [0.1, 0.15) is 22.5 Å². The van der Waals surface area contributed by atoms with Gasteiger partial charge in [-0.1, -0.05) is 41.6 Å². The first-order valence-electron chi connectivity index (χ1n) is 8.25. The van der Waals surface area contributed by atoms with Gasteiger partial charge in [0.05, 0.1) is 0 Å². The summed E-state index contributed by atoms with van der Waals surface area (Å²) in [6.07, 6.45) is 0. The van der Waals surface area contributed by atoms with Gasteiger partial charge in [-0.25, -0.2) is 0 Å². The molecule has 0 atom stereocenters. The van der Waals surface area contributed by atoms with Crippen LogP contribution in [0.15, 0.2) is 33.8 Å². The molecule has 0 unspecified atom stereocenters. The van der Waals surface area contributed by atoms with Crippen molar-refractivity contribution < 1.29 is 9.21 Å². The number of nitrogens with two attached hydrogens (primary N) is 1. The maximum Gasteiger partial charge on any atom is 0.246 e. The molecule has 0 aliphatic heterocycles. The number of furan rings is 1. The van der Waals surface area contributed by atoms with Crippen LogP contribution < -0.4 is 11.1 Å². The Balaban J connectivity index is 1.72. The highest BCUT2D eigenvalue weighted by atomic mass is 35.5. The molecule has 3 rings (SSSR count). The molecule has 0 aliphatic carbocycles. The summed E-state index contributed by atoms with van der Waals surface area (Å²) in [6, 6.07) is 9.51. The molecule has 144 valence electrons. The van der Waals surface area contributed by atoms with Crippen molar-refractivity contribution in [3.8, 4) is 6.07 Å². The lowest BCUT2D eigenvalue weighted by Gasteiger charge is -2.08. The van der Waals surface area contributed by atoms with E-state index in [2.05, 4.69) is 15.5 Å². The Hall–Kier alpha value is -2.96. The molecular weight excluding hydrogens is 400 g/mol. The number of amides is 1. The SMILES string of the molecule is Cc1oc(NC(=O)Cn2c(N)nnc2SCc2ccccc2Cl)c(C#N)c1C. The number of hydrogen-bond acceptors (Lipinski definition) is 7. The van der Waals surface area contributed by atoms with Crippen molar-refractivity contribution >= 4 is 41.1 Å². The molecule has 3 aromatic rings. The molecule has 0 saturated heterocycles. The number of nitrogen functional groups attached to an aromatic ring is 1. The minimum Gasteiger partial charge on any atom is -0.444 e. The number of aryl methyl sites for hydroxylation is 1. The predicted octanol–water partition coefficient (Wildman–Crippen LogP) is 3.53. The lowest BCUT2D eigenvalue weighted by atomic mass is 10.2. The number of halogens is 1. The summed E-state index contributed by atoms with van der Waals surface area (Å²) in [7, 11) is 0. The molecule has 1 aromatic carbocycles. The Kier molecular flexibility index (Phi) is 5.92. The lowest BCUT2D eigenvalue weighted by molar-refractivity contribution is -0.116. The Morgan fingerprint density at radius 2 is 2.14 bits per heavy atom. The number of carbonyl (C=O) groups excluding carboxylic acids is 1. The van der Waals surface area contributed by atoms with E-state index in [-0.39, 0.29) is 18.4 Å². The van der Waals surface area contributed by atoms with Crippen molar-refractivity contribution in [2.75, 3.05) is 11.1 Å². The van der Waals surface area contributed by atoms with E-state index >= 15 is 0 Å². The minimum atomic E-state index is -0.406. The average Bonchev–Trinajstić information content (AvgIpc) is 3.14. The normalized spacial score (nSPS) is 10.6. The first kappa shape index (κ1) is 19.8. The second-order valence-electron chi connectivity index (χ2n) is 5.95. The number of hydrogen-bond donors (Lipinski definition) is 2. The second kappa shape index (κ2) is 8.37. The number of anilines is 2. The summed E-state index contributed by atoms with van der Waals surface area (Å²) in [5, 5.41) is 20.9. The van der Waals surface area contributed by atoms with Crippen LogP contribution in [-0.4, -0.2) is 20.7 Å². The maximum absolute atomic E-state index is 12.5. The third-order valence-corrected chi connectivity index (χ3v) is 5.50. The minimum absolute atomic E-state index is 0.115. The van der Waals surface area contributed by atoms with Gasteiger partial charge in [-0.2, -0.15) is 5.26 Å². The number of rotatable bonds is 6. The van der Waals surface area contributed by atoms with Crippen LogP contribution in [0.25, 0.3) is 0 Å². The van der Waals surface area contributed by atoms with E-state index in [0.717, 1.165) is 5.56 Å². The van der Waals surface area contributed by atoms with Gasteiger partial charge in [0.2, 0.25) is 17.7 Å². The molecule has 0 radical (unpaired) electrons. The molecule has 8 nitrogen and oxygen atoms in total. The van der Waals surface area contributed by atoms with E-state index in [1.807, 2.05) is 30.3 Å². The zero-order valence-corrected chi connectivity index (χ0v) is 16.8. The maximum atomic E-state index is 12.5. The zero-order chi connectivity index (χ0) is 20.3. The van der Waals surface area contributed by atoms with Gasteiger partial charge in [0.25, 0.3) is 0 Å². The van der Waals surface area contributed by atoms with Gasteiger partial charge in [0, 0.05) is 16.3 Å². The van der Waals surface area contributed by atoms with Crippen molar-refractivity contribution in [2.45, 2.75) is 31.3 Å². The number of benzene rings is 1. The number of nitrogens with one attached hydrogen (secondary N) is 1. The number of carbonyl (C=O) groups is 1. The molecule has 0 saturated carbocycles. The summed E-state index contributed by atoms with van der Waals surface area (Å²) in [5.41, 5.74) is 7.79. The van der Waals surface area contributed by atoms with Gasteiger partial charge in [0.1, 0.15) is 23.9 Å². The highest BCUT2D eigenvalue weighted by molar-refractivity contribution is 7.98. The third-order valence-electron chi connectivity index (χ3n) is 4.11. The van der Waals surface area contributed by atoms with Crippen molar-refractivity contribution in [3.05, 3.63) is 51.7 Å². The van der Waals surface area contributed by atoms with Crippen LogP contribution in [0.3, 0.4) is 0 Å². The van der Waals surface area contributed by atoms with E-state index in [0.29, 0.717) is 32.8 Å². The van der Waals surface area contributed by atoms with Crippen molar-refractivity contribution in [1.82, 2.24) is 14.8 Å². The molecular formula is C18H17ClN6O2S. The molecule has 0 spiro atoms. The van der Waals surface area contributed by atoms with Crippen LogP contribution in [0, 0.1) is 25.2 Å². The van der Waals surface area contributed by atoms with Crippen molar-refractivity contribution in [1.29, 1.82) is 5.26 Å². The zero-order valence-electron chi connectivity index (χ0n) is 15.2. The van der Waals surface area contributed by atoms with Crippen LogP contribution >= 0.6 is 23.4 Å². The Labute approximate surface area is 170 Å².